The van der Waals surface area contributed by atoms with Crippen LogP contribution in [0.1, 0.15) is 17.2 Å². The molecule has 0 spiro atoms. The van der Waals surface area contributed by atoms with Crippen LogP contribution in [0.3, 0.4) is 0 Å². The quantitative estimate of drug-likeness (QED) is 0.919. The molecule has 0 saturated carbocycles. The van der Waals surface area contributed by atoms with Crippen LogP contribution in [0.4, 0.5) is 13.2 Å². The highest BCUT2D eigenvalue weighted by molar-refractivity contribution is 6.30. The zero-order chi connectivity index (χ0) is 14.7. The summed E-state index contributed by atoms with van der Waals surface area (Å²) in [7, 11) is 0. The molecule has 0 amide bonds. The fourth-order valence-electron chi connectivity index (χ4n) is 1.76. The van der Waals surface area contributed by atoms with E-state index in [1.807, 2.05) is 0 Å². The lowest BCUT2D eigenvalue weighted by Gasteiger charge is -2.14. The van der Waals surface area contributed by atoms with E-state index in [0.29, 0.717) is 0 Å². The molecule has 106 valence electrons. The maximum atomic E-state index is 13.7. The minimum Gasteiger partial charge on any atom is -0.435 e. The zero-order valence-electron chi connectivity index (χ0n) is 10.1. The van der Waals surface area contributed by atoms with Crippen molar-refractivity contribution in [2.24, 2.45) is 0 Å². The first-order valence-electron chi connectivity index (χ1n) is 5.65. The lowest BCUT2D eigenvalue weighted by atomic mass is 10.0. The van der Waals surface area contributed by atoms with Crippen LogP contribution in [0.15, 0.2) is 42.5 Å². The molecular formula is C14H10ClF3O2. The molecule has 2 aromatic carbocycles. The topological polar surface area (TPSA) is 29.5 Å². The molecule has 2 aromatic rings. The van der Waals surface area contributed by atoms with Crippen molar-refractivity contribution in [2.75, 3.05) is 0 Å². The Kier molecular flexibility index (Phi) is 4.52. The van der Waals surface area contributed by atoms with Crippen LogP contribution < -0.4 is 4.74 Å². The molecule has 0 heterocycles. The standard InChI is InChI=1S/C14H10ClF3O2/c15-9-4-5-11(12(16)7-9)13(19)8-2-1-3-10(6-8)20-14(17)18/h1-7,13-14,19H. The van der Waals surface area contributed by atoms with Crippen molar-refractivity contribution in [1.29, 1.82) is 0 Å². The van der Waals surface area contributed by atoms with Gasteiger partial charge >= 0.3 is 6.61 Å². The number of benzene rings is 2. The van der Waals surface area contributed by atoms with Gasteiger partial charge in [-0.1, -0.05) is 29.8 Å². The van der Waals surface area contributed by atoms with E-state index in [0.717, 1.165) is 6.07 Å². The van der Waals surface area contributed by atoms with Gasteiger partial charge in [0.1, 0.15) is 17.7 Å². The Hall–Kier alpha value is -1.72. The summed E-state index contributed by atoms with van der Waals surface area (Å²) < 4.78 is 42.2. The summed E-state index contributed by atoms with van der Waals surface area (Å²) in [5.41, 5.74) is 0.243. The van der Waals surface area contributed by atoms with Gasteiger partial charge in [-0.25, -0.2) is 4.39 Å². The Balaban J connectivity index is 2.30. The number of alkyl halides is 2. The van der Waals surface area contributed by atoms with Crippen molar-refractivity contribution in [2.45, 2.75) is 12.7 Å². The van der Waals surface area contributed by atoms with Gasteiger partial charge in [0, 0.05) is 10.6 Å². The highest BCUT2D eigenvalue weighted by Gasteiger charge is 2.16. The molecular weight excluding hydrogens is 293 g/mol. The smallest absolute Gasteiger partial charge is 0.387 e. The van der Waals surface area contributed by atoms with Gasteiger partial charge in [-0.15, -0.1) is 0 Å². The van der Waals surface area contributed by atoms with E-state index >= 15 is 0 Å². The fraction of sp³-hybridized carbons (Fsp3) is 0.143. The third-order valence-corrected chi connectivity index (χ3v) is 2.89. The predicted octanol–water partition coefficient (Wildman–Crippen LogP) is 4.16. The molecule has 20 heavy (non-hydrogen) atoms. The first-order chi connectivity index (χ1) is 9.47. The van der Waals surface area contributed by atoms with Crippen molar-refractivity contribution in [3.05, 3.63) is 64.4 Å². The first kappa shape index (κ1) is 14.7. The van der Waals surface area contributed by atoms with Gasteiger partial charge in [0.15, 0.2) is 0 Å². The Bertz CT molecular complexity index is 605. The number of hydrogen-bond donors (Lipinski definition) is 1. The summed E-state index contributed by atoms with van der Waals surface area (Å²) in [5, 5.41) is 10.3. The van der Waals surface area contributed by atoms with E-state index in [-0.39, 0.29) is 21.9 Å². The van der Waals surface area contributed by atoms with Crippen molar-refractivity contribution in [1.82, 2.24) is 0 Å². The minimum absolute atomic E-state index is 0.00333. The van der Waals surface area contributed by atoms with Gasteiger partial charge in [0.25, 0.3) is 0 Å². The van der Waals surface area contributed by atoms with Crippen LogP contribution in [0.5, 0.6) is 5.75 Å². The molecule has 6 heteroatoms. The van der Waals surface area contributed by atoms with Gasteiger partial charge in [-0.3, -0.25) is 0 Å². The molecule has 0 aliphatic heterocycles. The van der Waals surface area contributed by atoms with E-state index in [4.69, 9.17) is 11.6 Å². The van der Waals surface area contributed by atoms with Crippen molar-refractivity contribution < 1.29 is 23.0 Å². The Morgan fingerprint density at radius 1 is 1.10 bits per heavy atom. The number of aliphatic hydroxyl groups is 1. The number of ether oxygens (including phenoxy) is 1. The second-order valence-corrected chi connectivity index (χ2v) is 4.46. The molecule has 0 fully saturated rings. The molecule has 0 radical (unpaired) electrons. The van der Waals surface area contributed by atoms with Crippen LogP contribution in [-0.4, -0.2) is 11.7 Å². The van der Waals surface area contributed by atoms with E-state index in [9.17, 15) is 18.3 Å². The van der Waals surface area contributed by atoms with Crippen molar-refractivity contribution >= 4 is 11.6 Å². The lowest BCUT2D eigenvalue weighted by Crippen LogP contribution is -2.05. The van der Waals surface area contributed by atoms with Gasteiger partial charge in [-0.2, -0.15) is 8.78 Å². The summed E-state index contributed by atoms with van der Waals surface area (Å²) in [6, 6.07) is 9.30. The molecule has 0 aromatic heterocycles. The maximum Gasteiger partial charge on any atom is 0.387 e. The maximum absolute atomic E-state index is 13.7. The molecule has 0 saturated heterocycles. The van der Waals surface area contributed by atoms with Crippen LogP contribution in [0, 0.1) is 5.82 Å². The summed E-state index contributed by atoms with van der Waals surface area (Å²) in [5.74, 6) is -0.781. The Morgan fingerprint density at radius 3 is 2.50 bits per heavy atom. The summed E-state index contributed by atoms with van der Waals surface area (Å²) >= 11 is 5.63. The number of halogens is 4. The molecule has 1 unspecified atom stereocenters. The second-order valence-electron chi connectivity index (χ2n) is 4.02. The van der Waals surface area contributed by atoms with Gasteiger partial charge in [0.05, 0.1) is 0 Å². The summed E-state index contributed by atoms with van der Waals surface area (Å²) in [4.78, 5) is 0. The highest BCUT2D eigenvalue weighted by Crippen LogP contribution is 2.28. The average Bonchev–Trinajstić information content (AvgIpc) is 2.37. The van der Waals surface area contributed by atoms with Gasteiger partial charge in [0.2, 0.25) is 0 Å². The number of aliphatic hydroxyl groups excluding tert-OH is 1. The molecule has 0 aliphatic rings. The largest absolute Gasteiger partial charge is 0.435 e. The summed E-state index contributed by atoms with van der Waals surface area (Å²) in [6.45, 7) is -2.96. The predicted molar refractivity (Wildman–Crippen MR) is 68.5 cm³/mol. The molecule has 0 aliphatic carbocycles. The Morgan fingerprint density at radius 2 is 1.85 bits per heavy atom. The van der Waals surface area contributed by atoms with E-state index < -0.39 is 18.5 Å². The minimum atomic E-state index is -2.96. The highest BCUT2D eigenvalue weighted by atomic mass is 35.5. The SMILES string of the molecule is OC(c1cccc(OC(F)F)c1)c1ccc(Cl)cc1F. The van der Waals surface area contributed by atoms with Crippen LogP contribution in [0.2, 0.25) is 5.02 Å². The molecule has 2 nitrogen and oxygen atoms in total. The molecule has 2 rings (SSSR count). The van der Waals surface area contributed by atoms with Crippen LogP contribution in [-0.2, 0) is 0 Å². The normalized spacial score (nSPS) is 12.5. The van der Waals surface area contributed by atoms with Crippen molar-refractivity contribution in [3.63, 3.8) is 0 Å². The van der Waals surface area contributed by atoms with E-state index in [1.165, 1.54) is 36.4 Å². The van der Waals surface area contributed by atoms with E-state index in [1.54, 1.807) is 0 Å². The Labute approximate surface area is 118 Å². The van der Waals surface area contributed by atoms with E-state index in [2.05, 4.69) is 4.74 Å². The monoisotopic (exact) mass is 302 g/mol. The number of rotatable bonds is 4. The number of hydrogen-bond acceptors (Lipinski definition) is 2. The molecule has 0 bridgehead atoms. The third kappa shape index (κ3) is 3.43. The summed E-state index contributed by atoms with van der Waals surface area (Å²) in [6.07, 6.45) is -1.30. The van der Waals surface area contributed by atoms with Crippen LogP contribution >= 0.6 is 11.6 Å². The fourth-order valence-corrected chi connectivity index (χ4v) is 1.92. The molecule has 1 N–H and O–H groups in total. The van der Waals surface area contributed by atoms with Crippen LogP contribution in [0.25, 0.3) is 0 Å². The van der Waals surface area contributed by atoms with Gasteiger partial charge < -0.3 is 9.84 Å². The van der Waals surface area contributed by atoms with Gasteiger partial charge in [-0.05, 0) is 29.8 Å². The first-order valence-corrected chi connectivity index (χ1v) is 6.03. The third-order valence-electron chi connectivity index (χ3n) is 2.66. The molecule has 1 atom stereocenters. The zero-order valence-corrected chi connectivity index (χ0v) is 10.8. The van der Waals surface area contributed by atoms with Crippen molar-refractivity contribution in [3.8, 4) is 5.75 Å². The average molecular weight is 303 g/mol. The lowest BCUT2D eigenvalue weighted by molar-refractivity contribution is -0.0499. The second kappa shape index (κ2) is 6.15.